The van der Waals surface area contributed by atoms with E-state index in [1.165, 1.54) is 25.3 Å². The fourth-order valence-corrected chi connectivity index (χ4v) is 1.49. The molecule has 1 amide bonds. The van der Waals surface area contributed by atoms with E-state index < -0.39 is 23.6 Å². The van der Waals surface area contributed by atoms with Crippen LogP contribution in [-0.4, -0.2) is 35.8 Å². The lowest BCUT2D eigenvalue weighted by atomic mass is 10.1. The molecule has 0 unspecified atom stereocenters. The molecule has 0 atom stereocenters. The lowest BCUT2D eigenvalue weighted by molar-refractivity contribution is 0.0594. The van der Waals surface area contributed by atoms with E-state index in [2.05, 4.69) is 10.1 Å². The first kappa shape index (κ1) is 16.5. The zero-order valence-electron chi connectivity index (χ0n) is 12.2. The summed E-state index contributed by atoms with van der Waals surface area (Å²) in [6.45, 7) is 5.03. The quantitative estimate of drug-likeness (QED) is 0.831. The van der Waals surface area contributed by atoms with Gasteiger partial charge < -0.3 is 14.6 Å². The third kappa shape index (κ3) is 4.79. The summed E-state index contributed by atoms with van der Waals surface area (Å²) in [4.78, 5) is 34.3. The Bertz CT molecular complexity index is 573. The molecule has 2 N–H and O–H groups in total. The van der Waals surface area contributed by atoms with Crippen LogP contribution in [0.15, 0.2) is 18.2 Å². The highest BCUT2D eigenvalue weighted by Gasteiger charge is 2.20. The normalized spacial score (nSPS) is 10.7. The van der Waals surface area contributed by atoms with Gasteiger partial charge in [0.05, 0.1) is 23.9 Å². The molecule has 0 radical (unpaired) electrons. The summed E-state index contributed by atoms with van der Waals surface area (Å²) in [5, 5.41) is 11.4. The molecule has 0 saturated carbocycles. The Balaban J connectivity index is 3.09. The number of aromatic carboxylic acids is 1. The number of ether oxygens (including phenoxy) is 2. The second-order valence-electron chi connectivity index (χ2n) is 5.18. The first-order valence-corrected chi connectivity index (χ1v) is 6.09. The third-order valence-corrected chi connectivity index (χ3v) is 2.31. The largest absolute Gasteiger partial charge is 0.478 e. The van der Waals surface area contributed by atoms with Crippen molar-refractivity contribution < 1.29 is 29.0 Å². The van der Waals surface area contributed by atoms with Crippen molar-refractivity contribution in [2.24, 2.45) is 0 Å². The zero-order valence-corrected chi connectivity index (χ0v) is 12.2. The number of methoxy groups -OCH3 is 1. The lowest BCUT2D eigenvalue weighted by Gasteiger charge is -2.20. The Morgan fingerprint density at radius 3 is 2.29 bits per heavy atom. The number of amides is 1. The second-order valence-corrected chi connectivity index (χ2v) is 5.18. The van der Waals surface area contributed by atoms with Gasteiger partial charge in [0.15, 0.2) is 0 Å². The molecule has 0 spiro atoms. The lowest BCUT2D eigenvalue weighted by Crippen LogP contribution is -2.27. The Kier molecular flexibility index (Phi) is 4.91. The van der Waals surface area contributed by atoms with Crippen molar-refractivity contribution >= 4 is 23.7 Å². The first-order chi connectivity index (χ1) is 9.64. The van der Waals surface area contributed by atoms with Crippen LogP contribution in [0.3, 0.4) is 0 Å². The number of carboxylic acids is 1. The number of carbonyl (C=O) groups excluding carboxylic acids is 2. The van der Waals surface area contributed by atoms with Gasteiger partial charge in [0, 0.05) is 0 Å². The highest BCUT2D eigenvalue weighted by molar-refractivity contribution is 6.01. The van der Waals surface area contributed by atoms with Crippen LogP contribution >= 0.6 is 0 Å². The van der Waals surface area contributed by atoms with Crippen molar-refractivity contribution in [3.63, 3.8) is 0 Å². The standard InChI is InChI=1S/C14H17NO6/c1-14(2,3)21-13(19)15-10-7-8(12(18)20-4)5-6-9(10)11(16)17/h5-7H,1-4H3,(H,15,19)(H,16,17). The van der Waals surface area contributed by atoms with E-state index >= 15 is 0 Å². The number of anilines is 1. The molecule has 1 aromatic carbocycles. The van der Waals surface area contributed by atoms with Crippen LogP contribution in [0.25, 0.3) is 0 Å². The average Bonchev–Trinajstić information content (AvgIpc) is 2.34. The van der Waals surface area contributed by atoms with Gasteiger partial charge >= 0.3 is 18.0 Å². The number of hydrogen-bond acceptors (Lipinski definition) is 5. The molecule has 1 rings (SSSR count). The van der Waals surface area contributed by atoms with Crippen LogP contribution in [0.1, 0.15) is 41.5 Å². The van der Waals surface area contributed by atoms with Gasteiger partial charge in [-0.25, -0.2) is 14.4 Å². The molecule has 0 saturated heterocycles. The van der Waals surface area contributed by atoms with Gasteiger partial charge in [-0.1, -0.05) is 0 Å². The number of esters is 1. The van der Waals surface area contributed by atoms with E-state index in [-0.39, 0.29) is 16.8 Å². The van der Waals surface area contributed by atoms with Crippen molar-refractivity contribution in [1.82, 2.24) is 0 Å². The Morgan fingerprint density at radius 2 is 1.81 bits per heavy atom. The molecule has 0 aliphatic carbocycles. The van der Waals surface area contributed by atoms with Gasteiger partial charge in [-0.2, -0.15) is 0 Å². The molecule has 114 valence electrons. The minimum Gasteiger partial charge on any atom is -0.478 e. The molecule has 0 fully saturated rings. The molecule has 21 heavy (non-hydrogen) atoms. The van der Waals surface area contributed by atoms with Gasteiger partial charge in [-0.05, 0) is 39.0 Å². The monoisotopic (exact) mass is 295 g/mol. The Morgan fingerprint density at radius 1 is 1.19 bits per heavy atom. The maximum atomic E-state index is 11.7. The number of hydrogen-bond donors (Lipinski definition) is 2. The first-order valence-electron chi connectivity index (χ1n) is 6.09. The van der Waals surface area contributed by atoms with Crippen LogP contribution < -0.4 is 5.32 Å². The van der Waals surface area contributed by atoms with Crippen LogP contribution in [0, 0.1) is 0 Å². The van der Waals surface area contributed by atoms with E-state index in [9.17, 15) is 14.4 Å². The second kappa shape index (κ2) is 6.25. The number of carbonyl (C=O) groups is 3. The van der Waals surface area contributed by atoms with Crippen molar-refractivity contribution in [1.29, 1.82) is 0 Å². The maximum absolute atomic E-state index is 11.7. The van der Waals surface area contributed by atoms with Crippen LogP contribution in [0.5, 0.6) is 0 Å². The number of benzene rings is 1. The third-order valence-electron chi connectivity index (χ3n) is 2.31. The molecule has 0 aliphatic rings. The van der Waals surface area contributed by atoms with Crippen molar-refractivity contribution in [2.75, 3.05) is 12.4 Å². The average molecular weight is 295 g/mol. The highest BCUT2D eigenvalue weighted by atomic mass is 16.6. The molecule has 1 aromatic rings. The minimum absolute atomic E-state index is 0.0420. The number of carboxylic acid groups (broad SMARTS) is 1. The fourth-order valence-electron chi connectivity index (χ4n) is 1.49. The molecule has 0 bridgehead atoms. The van der Waals surface area contributed by atoms with Gasteiger partial charge in [-0.15, -0.1) is 0 Å². The fraction of sp³-hybridized carbons (Fsp3) is 0.357. The van der Waals surface area contributed by atoms with Gasteiger partial charge in [-0.3, -0.25) is 5.32 Å². The van der Waals surface area contributed by atoms with Crippen LogP contribution in [0.4, 0.5) is 10.5 Å². The van der Waals surface area contributed by atoms with Crippen molar-refractivity contribution in [3.8, 4) is 0 Å². The molecule has 7 nitrogen and oxygen atoms in total. The molecule has 0 aliphatic heterocycles. The number of nitrogens with one attached hydrogen (secondary N) is 1. The predicted molar refractivity (Wildman–Crippen MR) is 74.6 cm³/mol. The number of rotatable bonds is 3. The summed E-state index contributed by atoms with van der Waals surface area (Å²) in [5.74, 6) is -1.88. The van der Waals surface area contributed by atoms with Crippen LogP contribution in [-0.2, 0) is 9.47 Å². The minimum atomic E-state index is -1.24. The highest BCUT2D eigenvalue weighted by Crippen LogP contribution is 2.20. The van der Waals surface area contributed by atoms with E-state index in [1.54, 1.807) is 20.8 Å². The van der Waals surface area contributed by atoms with E-state index in [0.717, 1.165) is 0 Å². The van der Waals surface area contributed by atoms with E-state index in [1.807, 2.05) is 0 Å². The maximum Gasteiger partial charge on any atom is 0.412 e. The topological polar surface area (TPSA) is 102 Å². The Hall–Kier alpha value is -2.57. The summed E-state index contributed by atoms with van der Waals surface area (Å²) >= 11 is 0. The summed E-state index contributed by atoms with van der Waals surface area (Å²) in [6.07, 6.45) is -0.813. The van der Waals surface area contributed by atoms with Gasteiger partial charge in [0.2, 0.25) is 0 Å². The SMILES string of the molecule is COC(=O)c1ccc(C(=O)O)c(NC(=O)OC(C)(C)C)c1. The van der Waals surface area contributed by atoms with Crippen molar-refractivity contribution in [2.45, 2.75) is 26.4 Å². The summed E-state index contributed by atoms with van der Waals surface area (Å²) < 4.78 is 9.59. The summed E-state index contributed by atoms with van der Waals surface area (Å²) in [5.41, 5.74) is -0.810. The molecule has 7 heteroatoms. The molecular formula is C14H17NO6. The molecule has 0 heterocycles. The molecular weight excluding hydrogens is 278 g/mol. The van der Waals surface area contributed by atoms with Crippen molar-refractivity contribution in [3.05, 3.63) is 29.3 Å². The summed E-state index contributed by atoms with van der Waals surface area (Å²) in [6, 6.07) is 3.73. The Labute approximate surface area is 121 Å². The zero-order chi connectivity index (χ0) is 16.2. The predicted octanol–water partition coefficient (Wildman–Crippen LogP) is 2.52. The molecule has 0 aromatic heterocycles. The summed E-state index contributed by atoms with van der Waals surface area (Å²) in [7, 11) is 1.20. The van der Waals surface area contributed by atoms with Crippen LogP contribution in [0.2, 0.25) is 0 Å². The smallest absolute Gasteiger partial charge is 0.412 e. The van der Waals surface area contributed by atoms with E-state index in [4.69, 9.17) is 9.84 Å². The van der Waals surface area contributed by atoms with Gasteiger partial charge in [0.1, 0.15) is 5.60 Å². The van der Waals surface area contributed by atoms with E-state index in [0.29, 0.717) is 0 Å². The van der Waals surface area contributed by atoms with Gasteiger partial charge in [0.25, 0.3) is 0 Å².